The average molecular weight is 341 g/mol. The highest BCUT2D eigenvalue weighted by atomic mass is 16.1. The molecule has 136 valence electrons. The normalized spacial score (nSPS) is 16.6. The lowest BCUT2D eigenvalue weighted by atomic mass is 9.93. The van der Waals surface area contributed by atoms with Crippen LogP contribution in [0.3, 0.4) is 0 Å². The Balaban J connectivity index is 1.46. The second-order valence-electron chi connectivity index (χ2n) is 7.46. The summed E-state index contributed by atoms with van der Waals surface area (Å²) in [6.45, 7) is 9.79. The maximum Gasteiger partial charge on any atom is 0.189 e. The summed E-state index contributed by atoms with van der Waals surface area (Å²) in [5.41, 5.74) is 3.13. The molecule has 1 aromatic heterocycles. The molecule has 0 amide bonds. The fourth-order valence-electron chi connectivity index (χ4n) is 3.86. The molecule has 0 saturated carbocycles. The monoisotopic (exact) mass is 341 g/mol. The topological polar surface area (TPSA) is 48.1 Å². The van der Waals surface area contributed by atoms with E-state index < -0.39 is 0 Å². The Hall–Kier alpha value is -1.65. The smallest absolute Gasteiger partial charge is 0.189 e. The second-order valence-corrected chi connectivity index (χ2v) is 7.46. The number of likely N-dealkylation sites (tertiary alicyclic amines) is 1. The molecule has 1 aliphatic heterocycles. The van der Waals surface area contributed by atoms with E-state index >= 15 is 0 Å². The highest BCUT2D eigenvalue weighted by Gasteiger charge is 2.17. The molecule has 0 bridgehead atoms. The Kier molecular flexibility index (Phi) is 6.27. The van der Waals surface area contributed by atoms with Crippen molar-refractivity contribution in [1.29, 1.82) is 0 Å². The number of pyridine rings is 1. The number of nitrogens with zero attached hydrogens (tertiary/aromatic N) is 1. The van der Waals surface area contributed by atoms with Crippen LogP contribution < -0.4 is 10.7 Å². The number of fused-ring (bicyclic) bond motifs is 1. The van der Waals surface area contributed by atoms with Crippen molar-refractivity contribution < 1.29 is 0 Å². The molecule has 25 heavy (non-hydrogen) atoms. The number of rotatable bonds is 7. The molecule has 2 aromatic rings. The van der Waals surface area contributed by atoms with Crippen LogP contribution in [0.25, 0.3) is 10.9 Å². The summed E-state index contributed by atoms with van der Waals surface area (Å²) < 4.78 is 0. The third-order valence-electron chi connectivity index (χ3n) is 5.33. The van der Waals surface area contributed by atoms with E-state index in [4.69, 9.17) is 0 Å². The van der Waals surface area contributed by atoms with Crippen molar-refractivity contribution in [2.24, 2.45) is 5.92 Å². The van der Waals surface area contributed by atoms with Crippen molar-refractivity contribution in [1.82, 2.24) is 15.2 Å². The molecule has 0 aliphatic carbocycles. The molecule has 0 unspecified atom stereocenters. The van der Waals surface area contributed by atoms with E-state index in [2.05, 4.69) is 22.1 Å². The van der Waals surface area contributed by atoms with Gasteiger partial charge in [-0.3, -0.25) is 4.79 Å². The first-order valence-electron chi connectivity index (χ1n) is 9.71. The average Bonchev–Trinajstić information content (AvgIpc) is 2.61. The van der Waals surface area contributed by atoms with Gasteiger partial charge in [0.1, 0.15) is 0 Å². The predicted molar refractivity (Wildman–Crippen MR) is 105 cm³/mol. The predicted octanol–water partition coefficient (Wildman–Crippen LogP) is 3.44. The second kappa shape index (κ2) is 8.63. The molecule has 2 heterocycles. The third kappa shape index (κ3) is 4.93. The molecule has 1 fully saturated rings. The van der Waals surface area contributed by atoms with Gasteiger partial charge in [-0.2, -0.15) is 0 Å². The van der Waals surface area contributed by atoms with Gasteiger partial charge in [0.2, 0.25) is 0 Å². The molecule has 1 aliphatic rings. The number of hydrogen-bond donors (Lipinski definition) is 2. The van der Waals surface area contributed by atoms with Gasteiger partial charge in [-0.25, -0.2) is 0 Å². The van der Waals surface area contributed by atoms with E-state index in [1.54, 1.807) is 6.07 Å². The van der Waals surface area contributed by atoms with Crippen LogP contribution >= 0.6 is 0 Å². The highest BCUT2D eigenvalue weighted by Crippen LogP contribution is 2.20. The van der Waals surface area contributed by atoms with Crippen molar-refractivity contribution in [3.05, 3.63) is 45.7 Å². The Morgan fingerprint density at radius 1 is 1.24 bits per heavy atom. The molecule has 3 rings (SSSR count). The summed E-state index contributed by atoms with van der Waals surface area (Å²) in [4.78, 5) is 18.2. The fraction of sp³-hybridized carbons (Fsp3) is 0.571. The van der Waals surface area contributed by atoms with Crippen LogP contribution in [0.5, 0.6) is 0 Å². The molecule has 1 aromatic carbocycles. The zero-order chi connectivity index (χ0) is 17.6. The minimum atomic E-state index is 0.109. The largest absolute Gasteiger partial charge is 0.357 e. The van der Waals surface area contributed by atoms with Crippen LogP contribution in [0.4, 0.5) is 0 Å². The molecule has 0 radical (unpaired) electrons. The Morgan fingerprint density at radius 3 is 2.80 bits per heavy atom. The van der Waals surface area contributed by atoms with Gasteiger partial charge in [-0.15, -0.1) is 0 Å². The highest BCUT2D eigenvalue weighted by molar-refractivity contribution is 5.79. The van der Waals surface area contributed by atoms with Crippen LogP contribution in [0.1, 0.15) is 43.9 Å². The Morgan fingerprint density at radius 2 is 2.04 bits per heavy atom. The zero-order valence-corrected chi connectivity index (χ0v) is 15.6. The molecule has 2 N–H and O–H groups in total. The van der Waals surface area contributed by atoms with E-state index in [9.17, 15) is 4.79 Å². The quantitative estimate of drug-likeness (QED) is 0.759. The van der Waals surface area contributed by atoms with Crippen molar-refractivity contribution >= 4 is 10.9 Å². The number of benzene rings is 1. The van der Waals surface area contributed by atoms with Gasteiger partial charge in [0, 0.05) is 29.2 Å². The van der Waals surface area contributed by atoms with Gasteiger partial charge in [0.15, 0.2) is 5.43 Å². The summed E-state index contributed by atoms with van der Waals surface area (Å²) in [7, 11) is 0. The maximum absolute atomic E-state index is 12.3. The van der Waals surface area contributed by atoms with E-state index in [-0.39, 0.29) is 5.43 Å². The molecular weight excluding hydrogens is 310 g/mol. The lowest BCUT2D eigenvalue weighted by Crippen LogP contribution is -2.35. The third-order valence-corrected chi connectivity index (χ3v) is 5.33. The number of hydrogen-bond acceptors (Lipinski definition) is 3. The van der Waals surface area contributed by atoms with E-state index in [1.165, 1.54) is 45.3 Å². The van der Waals surface area contributed by atoms with Gasteiger partial charge in [0.25, 0.3) is 0 Å². The first-order valence-corrected chi connectivity index (χ1v) is 9.71. The van der Waals surface area contributed by atoms with Crippen LogP contribution in [0, 0.1) is 12.8 Å². The van der Waals surface area contributed by atoms with E-state index in [0.717, 1.165) is 41.2 Å². The first-order chi connectivity index (χ1) is 12.2. The Bertz CT molecular complexity index is 744. The summed E-state index contributed by atoms with van der Waals surface area (Å²) in [5, 5.41) is 4.29. The van der Waals surface area contributed by atoms with Gasteiger partial charge in [-0.1, -0.05) is 18.6 Å². The number of aryl methyl sites for hydroxylation is 1. The van der Waals surface area contributed by atoms with Crippen LogP contribution in [0.15, 0.2) is 29.1 Å². The number of H-pyrrole nitrogens is 1. The van der Waals surface area contributed by atoms with Gasteiger partial charge >= 0.3 is 0 Å². The molecular formula is C21H31N3O. The van der Waals surface area contributed by atoms with Crippen molar-refractivity contribution in [2.45, 2.75) is 46.1 Å². The fourth-order valence-corrected chi connectivity index (χ4v) is 3.86. The lowest BCUT2D eigenvalue weighted by Gasteiger charge is -2.31. The lowest BCUT2D eigenvalue weighted by molar-refractivity contribution is 0.179. The molecule has 4 heteroatoms. The number of aromatic nitrogens is 1. The first kappa shape index (κ1) is 18.2. The maximum atomic E-state index is 12.3. The molecule has 4 nitrogen and oxygen atoms in total. The van der Waals surface area contributed by atoms with E-state index in [1.807, 2.05) is 25.1 Å². The molecule has 0 spiro atoms. The minimum absolute atomic E-state index is 0.109. The number of aromatic amines is 1. The summed E-state index contributed by atoms with van der Waals surface area (Å²) >= 11 is 0. The van der Waals surface area contributed by atoms with E-state index in [0.29, 0.717) is 0 Å². The van der Waals surface area contributed by atoms with Crippen molar-refractivity contribution in [3.63, 3.8) is 0 Å². The molecule has 0 atom stereocenters. The van der Waals surface area contributed by atoms with Gasteiger partial charge < -0.3 is 15.2 Å². The SMILES string of the molecule is CCCN1CCC(CCNCc2cc(=O)c3cc(C)ccc3[nH]2)CC1. The summed E-state index contributed by atoms with van der Waals surface area (Å²) in [6.07, 6.45) is 5.15. The van der Waals surface area contributed by atoms with Crippen LogP contribution in [0.2, 0.25) is 0 Å². The number of nitrogens with one attached hydrogen (secondary N) is 2. The van der Waals surface area contributed by atoms with Crippen LogP contribution in [-0.2, 0) is 6.54 Å². The van der Waals surface area contributed by atoms with Crippen molar-refractivity contribution in [2.75, 3.05) is 26.2 Å². The number of piperidine rings is 1. The summed E-state index contributed by atoms with van der Waals surface area (Å²) in [6, 6.07) is 7.73. The van der Waals surface area contributed by atoms with Crippen LogP contribution in [-0.4, -0.2) is 36.1 Å². The molecule has 1 saturated heterocycles. The summed E-state index contributed by atoms with van der Waals surface area (Å²) in [5.74, 6) is 0.847. The zero-order valence-electron chi connectivity index (χ0n) is 15.6. The van der Waals surface area contributed by atoms with Gasteiger partial charge in [-0.05, 0) is 76.8 Å². The Labute approximate surface area is 150 Å². The van der Waals surface area contributed by atoms with Gasteiger partial charge in [0.05, 0.1) is 0 Å². The standard InChI is InChI=1S/C21H31N3O/c1-3-10-24-11-7-17(8-12-24)6-9-22-15-18-14-21(25)19-13-16(2)4-5-20(19)23-18/h4-5,13-14,17,22H,3,6-12,15H2,1-2H3,(H,23,25). The minimum Gasteiger partial charge on any atom is -0.357 e. The van der Waals surface area contributed by atoms with Crippen molar-refractivity contribution in [3.8, 4) is 0 Å².